The number of hydrogen-bond donors (Lipinski definition) is 1. The molecule has 2 rings (SSSR count). The number of amides is 1. The Hall–Kier alpha value is -1.14. The molecule has 0 saturated carbocycles. The van der Waals surface area contributed by atoms with Crippen molar-refractivity contribution in [2.45, 2.75) is 39.3 Å². The molecule has 0 aliphatic carbocycles. The average Bonchev–Trinajstić information content (AvgIpc) is 2.88. The lowest BCUT2D eigenvalue weighted by Crippen LogP contribution is -2.36. The van der Waals surface area contributed by atoms with Gasteiger partial charge in [-0.25, -0.2) is 9.78 Å². The van der Waals surface area contributed by atoms with Crippen LogP contribution >= 0.6 is 15.9 Å². The van der Waals surface area contributed by atoms with Gasteiger partial charge in [-0.3, -0.25) is 0 Å². The van der Waals surface area contributed by atoms with Crippen LogP contribution in [0, 0.1) is 5.92 Å². The van der Waals surface area contributed by atoms with E-state index >= 15 is 0 Å². The van der Waals surface area contributed by atoms with Crippen molar-refractivity contribution in [2.24, 2.45) is 5.92 Å². The number of carbonyl (C=O) groups excluding carboxylic acids is 1. The zero-order valence-corrected chi connectivity index (χ0v) is 15.0. The lowest BCUT2D eigenvalue weighted by atomic mass is 10.1. The number of aromatic nitrogens is 1. The maximum Gasteiger partial charge on any atom is 0.410 e. The van der Waals surface area contributed by atoms with E-state index in [0.29, 0.717) is 5.92 Å². The second-order valence-corrected chi connectivity index (χ2v) is 7.51. The van der Waals surface area contributed by atoms with Crippen LogP contribution in [0.4, 0.5) is 4.79 Å². The van der Waals surface area contributed by atoms with Gasteiger partial charge in [0.2, 0.25) is 0 Å². The first-order valence-electron chi connectivity index (χ1n) is 7.62. The van der Waals surface area contributed by atoms with E-state index in [1.807, 2.05) is 39.1 Å². The van der Waals surface area contributed by atoms with Crippen LogP contribution < -0.4 is 5.32 Å². The van der Waals surface area contributed by atoms with Crippen LogP contribution in [-0.4, -0.2) is 41.2 Å². The lowest BCUT2D eigenvalue weighted by Gasteiger charge is -2.24. The van der Waals surface area contributed by atoms with Gasteiger partial charge in [-0.1, -0.05) is 6.07 Å². The number of likely N-dealkylation sites (tertiary alicyclic amines) is 1. The molecule has 122 valence electrons. The van der Waals surface area contributed by atoms with Crippen LogP contribution in [0.3, 0.4) is 0 Å². The first-order valence-corrected chi connectivity index (χ1v) is 8.42. The maximum absolute atomic E-state index is 12.0. The van der Waals surface area contributed by atoms with E-state index in [4.69, 9.17) is 4.74 Å². The molecule has 22 heavy (non-hydrogen) atoms. The predicted molar refractivity (Wildman–Crippen MR) is 89.6 cm³/mol. The molecule has 1 fully saturated rings. The smallest absolute Gasteiger partial charge is 0.410 e. The molecule has 0 bridgehead atoms. The average molecular weight is 370 g/mol. The van der Waals surface area contributed by atoms with E-state index in [1.54, 1.807) is 4.90 Å². The van der Waals surface area contributed by atoms with Crippen LogP contribution in [-0.2, 0) is 11.3 Å². The minimum absolute atomic E-state index is 0.202. The van der Waals surface area contributed by atoms with Crippen molar-refractivity contribution in [3.8, 4) is 0 Å². The van der Waals surface area contributed by atoms with Crippen molar-refractivity contribution in [3.63, 3.8) is 0 Å². The van der Waals surface area contributed by atoms with Gasteiger partial charge in [-0.15, -0.1) is 0 Å². The summed E-state index contributed by atoms with van der Waals surface area (Å²) >= 11 is 3.33. The third-order valence-electron chi connectivity index (χ3n) is 3.49. The first-order chi connectivity index (χ1) is 10.3. The highest BCUT2D eigenvalue weighted by atomic mass is 79.9. The van der Waals surface area contributed by atoms with Gasteiger partial charge in [0.1, 0.15) is 10.2 Å². The standard InChI is InChI=1S/C16H24BrN3O2/c1-16(2,3)22-15(21)20-7-6-13(11-20)9-18-8-12-4-5-14(17)19-10-12/h4-5,10,13,18H,6-9,11H2,1-3H3/t13-/m0/s1. The molecule has 0 aromatic carbocycles. The monoisotopic (exact) mass is 369 g/mol. The number of carbonyl (C=O) groups is 1. The van der Waals surface area contributed by atoms with Crippen LogP contribution in [0.1, 0.15) is 32.8 Å². The largest absolute Gasteiger partial charge is 0.444 e. The van der Waals surface area contributed by atoms with Crippen molar-refractivity contribution in [1.82, 2.24) is 15.2 Å². The van der Waals surface area contributed by atoms with E-state index in [9.17, 15) is 4.79 Å². The Labute approximate surface area is 140 Å². The maximum atomic E-state index is 12.0. The molecule has 1 aliphatic rings. The number of pyridine rings is 1. The third-order valence-corrected chi connectivity index (χ3v) is 3.96. The van der Waals surface area contributed by atoms with Crippen LogP contribution in [0.2, 0.25) is 0 Å². The molecular weight excluding hydrogens is 346 g/mol. The van der Waals surface area contributed by atoms with Gasteiger partial charge in [0.25, 0.3) is 0 Å². The Bertz CT molecular complexity index is 499. The summed E-state index contributed by atoms with van der Waals surface area (Å²) < 4.78 is 6.26. The van der Waals surface area contributed by atoms with Gasteiger partial charge in [-0.2, -0.15) is 0 Å². The summed E-state index contributed by atoms with van der Waals surface area (Å²) in [5.74, 6) is 0.482. The van der Waals surface area contributed by atoms with E-state index in [2.05, 4.69) is 26.2 Å². The van der Waals surface area contributed by atoms with E-state index in [1.165, 1.54) is 0 Å². The van der Waals surface area contributed by atoms with Crippen LogP contribution in [0.25, 0.3) is 0 Å². The molecule has 2 heterocycles. The first kappa shape index (κ1) is 17.2. The van der Waals surface area contributed by atoms with Gasteiger partial charge < -0.3 is 15.0 Å². The summed E-state index contributed by atoms with van der Waals surface area (Å²) in [4.78, 5) is 18.0. The summed E-state index contributed by atoms with van der Waals surface area (Å²) in [5, 5.41) is 3.44. The van der Waals surface area contributed by atoms with Gasteiger partial charge in [-0.05, 0) is 60.7 Å². The summed E-state index contributed by atoms with van der Waals surface area (Å²) in [5.41, 5.74) is 0.729. The Morgan fingerprint density at radius 2 is 2.27 bits per heavy atom. The minimum Gasteiger partial charge on any atom is -0.444 e. The topological polar surface area (TPSA) is 54.5 Å². The summed E-state index contributed by atoms with van der Waals surface area (Å²) in [6.07, 6.45) is 2.68. The molecular formula is C16H24BrN3O2. The fourth-order valence-electron chi connectivity index (χ4n) is 2.42. The Morgan fingerprint density at radius 1 is 1.50 bits per heavy atom. The lowest BCUT2D eigenvalue weighted by molar-refractivity contribution is 0.0288. The quantitative estimate of drug-likeness (QED) is 0.828. The van der Waals surface area contributed by atoms with Crippen molar-refractivity contribution < 1.29 is 9.53 Å². The number of nitrogens with one attached hydrogen (secondary N) is 1. The fourth-order valence-corrected chi connectivity index (χ4v) is 2.66. The molecule has 0 unspecified atom stereocenters. The highest BCUT2D eigenvalue weighted by Gasteiger charge is 2.29. The van der Waals surface area contributed by atoms with Crippen LogP contribution in [0.15, 0.2) is 22.9 Å². The molecule has 1 aromatic heterocycles. The molecule has 1 aliphatic heterocycles. The SMILES string of the molecule is CC(C)(C)OC(=O)N1CC[C@@H](CNCc2ccc(Br)nc2)C1. The highest BCUT2D eigenvalue weighted by molar-refractivity contribution is 9.10. The predicted octanol–water partition coefficient (Wildman–Crippen LogP) is 3.19. The Morgan fingerprint density at radius 3 is 2.91 bits per heavy atom. The van der Waals surface area contributed by atoms with Gasteiger partial charge in [0.05, 0.1) is 0 Å². The molecule has 0 spiro atoms. The fraction of sp³-hybridized carbons (Fsp3) is 0.625. The molecule has 1 N–H and O–H groups in total. The minimum atomic E-state index is -0.429. The normalized spacial score (nSPS) is 18.5. The molecule has 5 nitrogen and oxygen atoms in total. The molecule has 6 heteroatoms. The number of rotatable bonds is 4. The number of halogens is 1. The third kappa shape index (κ3) is 5.57. The Kier molecular flexibility index (Phi) is 5.81. The summed E-state index contributed by atoms with van der Waals surface area (Å²) in [6, 6.07) is 3.99. The number of ether oxygens (including phenoxy) is 1. The van der Waals surface area contributed by atoms with Crippen molar-refractivity contribution >= 4 is 22.0 Å². The number of hydrogen-bond acceptors (Lipinski definition) is 4. The van der Waals surface area contributed by atoms with Gasteiger partial charge in [0.15, 0.2) is 0 Å². The van der Waals surface area contributed by atoms with Crippen molar-refractivity contribution in [2.75, 3.05) is 19.6 Å². The van der Waals surface area contributed by atoms with Gasteiger partial charge in [0, 0.05) is 32.4 Å². The molecule has 0 radical (unpaired) electrons. The molecule has 1 atom stereocenters. The molecule has 1 amide bonds. The summed E-state index contributed by atoms with van der Waals surface area (Å²) in [7, 11) is 0. The van der Waals surface area contributed by atoms with E-state index in [-0.39, 0.29) is 6.09 Å². The zero-order valence-electron chi connectivity index (χ0n) is 13.4. The molecule has 1 aromatic rings. The molecule has 1 saturated heterocycles. The van der Waals surface area contributed by atoms with Crippen molar-refractivity contribution in [1.29, 1.82) is 0 Å². The highest BCUT2D eigenvalue weighted by Crippen LogP contribution is 2.19. The van der Waals surface area contributed by atoms with E-state index in [0.717, 1.165) is 42.8 Å². The summed E-state index contributed by atoms with van der Waals surface area (Å²) in [6.45, 7) is 8.92. The van der Waals surface area contributed by atoms with Crippen LogP contribution in [0.5, 0.6) is 0 Å². The van der Waals surface area contributed by atoms with Crippen molar-refractivity contribution in [3.05, 3.63) is 28.5 Å². The Balaban J connectivity index is 1.70. The van der Waals surface area contributed by atoms with E-state index < -0.39 is 5.60 Å². The number of nitrogens with zero attached hydrogens (tertiary/aromatic N) is 2. The second-order valence-electron chi connectivity index (χ2n) is 6.70. The second kappa shape index (κ2) is 7.42. The van der Waals surface area contributed by atoms with Gasteiger partial charge >= 0.3 is 6.09 Å². The zero-order chi connectivity index (χ0) is 16.2.